The number of hydrogen-bond donors (Lipinski definition) is 2. The van der Waals surface area contributed by atoms with E-state index < -0.39 is 0 Å². The van der Waals surface area contributed by atoms with Gasteiger partial charge in [-0.25, -0.2) is 0 Å². The molecule has 1 atom stereocenters. The smallest absolute Gasteiger partial charge is 0.0387 e. The van der Waals surface area contributed by atoms with E-state index in [0.717, 1.165) is 28.5 Å². The first-order valence-corrected chi connectivity index (χ1v) is 8.29. The summed E-state index contributed by atoms with van der Waals surface area (Å²) in [7, 11) is 0. The van der Waals surface area contributed by atoms with Crippen LogP contribution in [0.25, 0.3) is 0 Å². The van der Waals surface area contributed by atoms with Crippen molar-refractivity contribution in [1.29, 1.82) is 0 Å². The van der Waals surface area contributed by atoms with E-state index in [1.807, 2.05) is 0 Å². The molecule has 1 heterocycles. The standard InChI is InChI=1S/C16H16Br2N2/c17-13-3-1-11(2-4-13)7-15-10-20-16-6-5-14(18)8-12(16)9-19-15/h1-6,8,15,19-20H,7,9-10H2. The fourth-order valence-corrected chi connectivity index (χ4v) is 3.16. The summed E-state index contributed by atoms with van der Waals surface area (Å²) in [6.45, 7) is 1.85. The average molecular weight is 396 g/mol. The maximum absolute atomic E-state index is 3.63. The van der Waals surface area contributed by atoms with Gasteiger partial charge in [-0.05, 0) is 47.9 Å². The third kappa shape index (κ3) is 3.43. The highest BCUT2D eigenvalue weighted by molar-refractivity contribution is 9.10. The first-order chi connectivity index (χ1) is 9.70. The third-order valence-electron chi connectivity index (χ3n) is 3.58. The fraction of sp³-hybridized carbons (Fsp3) is 0.250. The van der Waals surface area contributed by atoms with Crippen LogP contribution >= 0.6 is 31.9 Å². The second-order valence-electron chi connectivity index (χ2n) is 5.09. The zero-order valence-corrected chi connectivity index (χ0v) is 14.2. The molecule has 0 radical (unpaired) electrons. The summed E-state index contributed by atoms with van der Waals surface area (Å²) < 4.78 is 2.26. The molecule has 20 heavy (non-hydrogen) atoms. The molecule has 0 aromatic heterocycles. The first-order valence-electron chi connectivity index (χ1n) is 6.71. The number of rotatable bonds is 2. The summed E-state index contributed by atoms with van der Waals surface area (Å²) >= 11 is 7.01. The summed E-state index contributed by atoms with van der Waals surface area (Å²) in [5.74, 6) is 0. The van der Waals surface area contributed by atoms with Crippen LogP contribution in [-0.4, -0.2) is 12.6 Å². The van der Waals surface area contributed by atoms with E-state index in [9.17, 15) is 0 Å². The van der Waals surface area contributed by atoms with Crippen molar-refractivity contribution in [3.05, 3.63) is 62.5 Å². The Bertz CT molecular complexity index is 596. The molecule has 1 aliphatic rings. The largest absolute Gasteiger partial charge is 0.383 e. The van der Waals surface area contributed by atoms with Crippen molar-refractivity contribution in [2.45, 2.75) is 19.0 Å². The highest BCUT2D eigenvalue weighted by Crippen LogP contribution is 2.23. The molecule has 0 aliphatic carbocycles. The van der Waals surface area contributed by atoms with Gasteiger partial charge in [-0.1, -0.05) is 44.0 Å². The minimum absolute atomic E-state index is 0.447. The summed E-state index contributed by atoms with van der Waals surface area (Å²) in [5, 5.41) is 7.17. The van der Waals surface area contributed by atoms with Gasteiger partial charge in [-0.3, -0.25) is 0 Å². The Hall–Kier alpha value is -0.840. The Morgan fingerprint density at radius 3 is 2.55 bits per heavy atom. The molecule has 0 spiro atoms. The van der Waals surface area contributed by atoms with Gasteiger partial charge in [0.05, 0.1) is 0 Å². The van der Waals surface area contributed by atoms with Crippen LogP contribution in [0, 0.1) is 0 Å². The Balaban J connectivity index is 1.68. The van der Waals surface area contributed by atoms with E-state index in [4.69, 9.17) is 0 Å². The monoisotopic (exact) mass is 394 g/mol. The van der Waals surface area contributed by atoms with Crippen LogP contribution in [0.3, 0.4) is 0 Å². The van der Waals surface area contributed by atoms with E-state index in [1.54, 1.807) is 0 Å². The van der Waals surface area contributed by atoms with E-state index in [1.165, 1.54) is 16.8 Å². The van der Waals surface area contributed by atoms with E-state index in [2.05, 4.69) is 85.0 Å². The molecule has 4 heteroatoms. The molecule has 2 nitrogen and oxygen atoms in total. The van der Waals surface area contributed by atoms with Gasteiger partial charge in [0.1, 0.15) is 0 Å². The van der Waals surface area contributed by atoms with Gasteiger partial charge in [-0.15, -0.1) is 0 Å². The molecular weight excluding hydrogens is 380 g/mol. The number of halogens is 2. The molecular formula is C16H16Br2N2. The quantitative estimate of drug-likeness (QED) is 0.790. The molecule has 0 amide bonds. The first kappa shape index (κ1) is 14.1. The number of fused-ring (bicyclic) bond motifs is 1. The van der Waals surface area contributed by atoms with Gasteiger partial charge in [0.25, 0.3) is 0 Å². The van der Waals surface area contributed by atoms with Gasteiger partial charge in [0, 0.05) is 33.8 Å². The molecule has 3 rings (SSSR count). The van der Waals surface area contributed by atoms with Crippen molar-refractivity contribution in [2.75, 3.05) is 11.9 Å². The number of anilines is 1. The van der Waals surface area contributed by atoms with Crippen LogP contribution in [0.15, 0.2) is 51.4 Å². The van der Waals surface area contributed by atoms with Crippen molar-refractivity contribution in [3.8, 4) is 0 Å². The lowest BCUT2D eigenvalue weighted by atomic mass is 10.1. The molecule has 1 aliphatic heterocycles. The predicted molar refractivity (Wildman–Crippen MR) is 91.1 cm³/mol. The predicted octanol–water partition coefficient (Wildman–Crippen LogP) is 4.34. The molecule has 104 valence electrons. The SMILES string of the molecule is Brc1ccc(CC2CNc3ccc(Br)cc3CN2)cc1. The third-order valence-corrected chi connectivity index (χ3v) is 4.60. The summed E-state index contributed by atoms with van der Waals surface area (Å²) in [6, 6.07) is 15.4. The van der Waals surface area contributed by atoms with Crippen molar-refractivity contribution >= 4 is 37.5 Å². The van der Waals surface area contributed by atoms with Crippen molar-refractivity contribution in [2.24, 2.45) is 0 Å². The number of hydrogen-bond acceptors (Lipinski definition) is 2. The van der Waals surface area contributed by atoms with Crippen LogP contribution in [-0.2, 0) is 13.0 Å². The molecule has 0 saturated heterocycles. The molecule has 0 bridgehead atoms. The maximum Gasteiger partial charge on any atom is 0.0387 e. The Labute approximate surface area is 136 Å². The molecule has 2 aromatic rings. The second kappa shape index (κ2) is 6.29. The molecule has 0 fully saturated rings. The summed E-state index contributed by atoms with van der Waals surface area (Å²) in [4.78, 5) is 0. The van der Waals surface area contributed by atoms with Crippen LogP contribution in [0.5, 0.6) is 0 Å². The normalized spacial score (nSPS) is 18.0. The van der Waals surface area contributed by atoms with Gasteiger partial charge in [-0.2, -0.15) is 0 Å². The van der Waals surface area contributed by atoms with Crippen LogP contribution in [0.4, 0.5) is 5.69 Å². The van der Waals surface area contributed by atoms with E-state index in [0.29, 0.717) is 6.04 Å². The minimum atomic E-state index is 0.447. The molecule has 1 unspecified atom stereocenters. The highest BCUT2D eigenvalue weighted by atomic mass is 79.9. The van der Waals surface area contributed by atoms with Crippen molar-refractivity contribution < 1.29 is 0 Å². The summed E-state index contributed by atoms with van der Waals surface area (Å²) in [6.07, 6.45) is 1.04. The van der Waals surface area contributed by atoms with E-state index >= 15 is 0 Å². The number of benzene rings is 2. The highest BCUT2D eigenvalue weighted by Gasteiger charge is 2.15. The van der Waals surface area contributed by atoms with Crippen LogP contribution < -0.4 is 10.6 Å². The Morgan fingerprint density at radius 1 is 1.00 bits per heavy atom. The van der Waals surface area contributed by atoms with Gasteiger partial charge < -0.3 is 10.6 Å². The maximum atomic E-state index is 3.63. The van der Waals surface area contributed by atoms with E-state index in [-0.39, 0.29) is 0 Å². The van der Waals surface area contributed by atoms with Gasteiger partial charge in [0.15, 0.2) is 0 Å². The van der Waals surface area contributed by atoms with Crippen LogP contribution in [0.2, 0.25) is 0 Å². The van der Waals surface area contributed by atoms with Crippen molar-refractivity contribution in [3.63, 3.8) is 0 Å². The topological polar surface area (TPSA) is 24.1 Å². The molecule has 2 aromatic carbocycles. The lowest BCUT2D eigenvalue weighted by Crippen LogP contribution is -2.34. The Kier molecular flexibility index (Phi) is 4.44. The number of nitrogens with one attached hydrogen (secondary N) is 2. The Morgan fingerprint density at radius 2 is 1.75 bits per heavy atom. The second-order valence-corrected chi connectivity index (χ2v) is 6.92. The summed E-state index contributed by atoms with van der Waals surface area (Å²) in [5.41, 5.74) is 3.91. The molecule has 2 N–H and O–H groups in total. The van der Waals surface area contributed by atoms with Gasteiger partial charge >= 0.3 is 0 Å². The lowest BCUT2D eigenvalue weighted by Gasteiger charge is -2.16. The zero-order chi connectivity index (χ0) is 13.9. The fourth-order valence-electron chi connectivity index (χ4n) is 2.49. The molecule has 0 saturated carbocycles. The average Bonchev–Trinajstić information content (AvgIpc) is 2.64. The zero-order valence-electron chi connectivity index (χ0n) is 11.0. The lowest BCUT2D eigenvalue weighted by molar-refractivity contribution is 0.537. The minimum Gasteiger partial charge on any atom is -0.383 e. The van der Waals surface area contributed by atoms with Crippen molar-refractivity contribution in [1.82, 2.24) is 5.32 Å². The van der Waals surface area contributed by atoms with Gasteiger partial charge in [0.2, 0.25) is 0 Å². The van der Waals surface area contributed by atoms with Crippen LogP contribution in [0.1, 0.15) is 11.1 Å².